The van der Waals surface area contributed by atoms with E-state index in [0.29, 0.717) is 16.0 Å². The molecule has 26 heavy (non-hydrogen) atoms. The Morgan fingerprint density at radius 3 is 2.85 bits per heavy atom. The lowest BCUT2D eigenvalue weighted by Crippen LogP contribution is -2.34. The number of thioether (sulfide) groups is 1. The zero-order valence-corrected chi connectivity index (χ0v) is 16.3. The molecule has 0 spiro atoms. The number of nitrogens with zero attached hydrogens (tertiary/aromatic N) is 2. The molecule has 2 aromatic rings. The minimum absolute atomic E-state index is 0.0744. The number of aromatic nitrogens is 2. The minimum atomic E-state index is -0.260. The number of amides is 2. The van der Waals surface area contributed by atoms with Crippen molar-refractivity contribution in [2.75, 3.05) is 29.5 Å². The van der Waals surface area contributed by atoms with Gasteiger partial charge in [-0.05, 0) is 31.0 Å². The SMILES string of the molecule is C=CCNc1nnc(SCC(=O)NCC(=O)Nc2cccc(C)c2C)s1. The van der Waals surface area contributed by atoms with Gasteiger partial charge in [-0.1, -0.05) is 41.3 Å². The summed E-state index contributed by atoms with van der Waals surface area (Å²) in [6.07, 6.45) is 1.73. The number of anilines is 2. The highest BCUT2D eigenvalue weighted by molar-refractivity contribution is 8.01. The van der Waals surface area contributed by atoms with E-state index in [4.69, 9.17) is 0 Å². The first-order valence-corrected chi connectivity index (χ1v) is 9.73. The molecule has 0 aliphatic heterocycles. The molecule has 0 unspecified atom stereocenters. The molecule has 3 N–H and O–H groups in total. The zero-order valence-electron chi connectivity index (χ0n) is 14.7. The lowest BCUT2D eigenvalue weighted by molar-refractivity contribution is -0.122. The van der Waals surface area contributed by atoms with Crippen LogP contribution in [0, 0.1) is 13.8 Å². The second kappa shape index (κ2) is 9.93. The van der Waals surface area contributed by atoms with E-state index >= 15 is 0 Å². The van der Waals surface area contributed by atoms with Gasteiger partial charge < -0.3 is 16.0 Å². The Balaban J connectivity index is 1.72. The van der Waals surface area contributed by atoms with Crippen molar-refractivity contribution >= 4 is 45.7 Å². The van der Waals surface area contributed by atoms with Crippen LogP contribution < -0.4 is 16.0 Å². The van der Waals surface area contributed by atoms with Crippen LogP contribution in [0.25, 0.3) is 0 Å². The molecule has 1 aromatic heterocycles. The summed E-state index contributed by atoms with van der Waals surface area (Å²) in [6.45, 7) is 8.07. The molecule has 9 heteroatoms. The van der Waals surface area contributed by atoms with Crippen LogP contribution in [-0.2, 0) is 9.59 Å². The molecule has 0 radical (unpaired) electrons. The molecule has 0 aliphatic rings. The van der Waals surface area contributed by atoms with Crippen molar-refractivity contribution in [2.24, 2.45) is 0 Å². The van der Waals surface area contributed by atoms with Crippen LogP contribution in [0.1, 0.15) is 11.1 Å². The number of nitrogens with one attached hydrogen (secondary N) is 3. The number of benzene rings is 1. The summed E-state index contributed by atoms with van der Waals surface area (Å²) in [4.78, 5) is 23.9. The highest BCUT2D eigenvalue weighted by Crippen LogP contribution is 2.25. The minimum Gasteiger partial charge on any atom is -0.357 e. The van der Waals surface area contributed by atoms with E-state index < -0.39 is 0 Å². The van der Waals surface area contributed by atoms with E-state index in [1.165, 1.54) is 23.1 Å². The number of hydrogen-bond donors (Lipinski definition) is 3. The first kappa shape index (κ1) is 19.9. The van der Waals surface area contributed by atoms with Crippen LogP contribution >= 0.6 is 23.1 Å². The van der Waals surface area contributed by atoms with E-state index in [1.807, 2.05) is 32.0 Å². The zero-order chi connectivity index (χ0) is 18.9. The van der Waals surface area contributed by atoms with E-state index in [2.05, 4.69) is 32.7 Å². The molecule has 7 nitrogen and oxygen atoms in total. The maximum Gasteiger partial charge on any atom is 0.243 e. The van der Waals surface area contributed by atoms with Gasteiger partial charge in [0.05, 0.1) is 12.3 Å². The third-order valence-electron chi connectivity index (χ3n) is 3.46. The van der Waals surface area contributed by atoms with Crippen molar-refractivity contribution in [3.63, 3.8) is 0 Å². The molecule has 2 amide bonds. The fourth-order valence-corrected chi connectivity index (χ4v) is 3.53. The maximum absolute atomic E-state index is 12.0. The van der Waals surface area contributed by atoms with E-state index in [0.717, 1.165) is 16.8 Å². The Hall–Kier alpha value is -2.39. The van der Waals surface area contributed by atoms with E-state index in [1.54, 1.807) is 6.08 Å². The summed E-state index contributed by atoms with van der Waals surface area (Å²) >= 11 is 2.64. The lowest BCUT2D eigenvalue weighted by Gasteiger charge is -2.10. The summed E-state index contributed by atoms with van der Waals surface area (Å²) in [5.74, 6) is -0.321. The first-order chi connectivity index (χ1) is 12.5. The number of carbonyl (C=O) groups is 2. The number of hydrogen-bond acceptors (Lipinski definition) is 7. The Bertz CT molecular complexity index is 791. The molecule has 2 rings (SSSR count). The summed E-state index contributed by atoms with van der Waals surface area (Å²) in [7, 11) is 0. The van der Waals surface area contributed by atoms with Crippen molar-refractivity contribution < 1.29 is 9.59 Å². The van der Waals surface area contributed by atoms with E-state index in [9.17, 15) is 9.59 Å². The van der Waals surface area contributed by atoms with Gasteiger partial charge >= 0.3 is 0 Å². The molecular weight excluding hydrogens is 370 g/mol. The Morgan fingerprint density at radius 1 is 1.27 bits per heavy atom. The predicted molar refractivity (Wildman–Crippen MR) is 107 cm³/mol. The average Bonchev–Trinajstić information content (AvgIpc) is 3.08. The van der Waals surface area contributed by atoms with Gasteiger partial charge in [0.1, 0.15) is 0 Å². The molecule has 0 bridgehead atoms. The molecule has 0 fully saturated rings. The normalized spacial score (nSPS) is 10.2. The van der Waals surface area contributed by atoms with Crippen molar-refractivity contribution in [3.8, 4) is 0 Å². The lowest BCUT2D eigenvalue weighted by atomic mass is 10.1. The standard InChI is InChI=1S/C17H21N5O2S2/c1-4-8-18-16-21-22-17(26-16)25-10-15(24)19-9-14(23)20-13-7-5-6-11(2)12(13)3/h4-7H,1,8-10H2,2-3H3,(H,18,21)(H,19,24)(H,20,23). The summed E-state index contributed by atoms with van der Waals surface area (Å²) in [5.41, 5.74) is 2.87. The molecule has 1 heterocycles. The fourth-order valence-electron chi connectivity index (χ4n) is 1.94. The molecule has 0 atom stereocenters. The molecule has 0 saturated heterocycles. The Labute approximate surface area is 160 Å². The molecule has 138 valence electrons. The topological polar surface area (TPSA) is 96.0 Å². The Morgan fingerprint density at radius 2 is 2.08 bits per heavy atom. The van der Waals surface area contributed by atoms with Gasteiger partial charge in [-0.3, -0.25) is 9.59 Å². The van der Waals surface area contributed by atoms with Crippen LogP contribution in [0.2, 0.25) is 0 Å². The molecule has 0 aliphatic carbocycles. The third kappa shape index (κ3) is 6.16. The van der Waals surface area contributed by atoms with Gasteiger partial charge in [-0.2, -0.15) is 0 Å². The smallest absolute Gasteiger partial charge is 0.243 e. The molecule has 0 saturated carbocycles. The quantitative estimate of drug-likeness (QED) is 0.449. The van der Waals surface area contributed by atoms with Crippen molar-refractivity contribution in [3.05, 3.63) is 42.0 Å². The molecule has 1 aromatic carbocycles. The van der Waals surface area contributed by atoms with Crippen LogP contribution in [0.3, 0.4) is 0 Å². The largest absolute Gasteiger partial charge is 0.357 e. The van der Waals surface area contributed by atoms with Gasteiger partial charge in [-0.25, -0.2) is 0 Å². The van der Waals surface area contributed by atoms with Crippen LogP contribution in [-0.4, -0.2) is 40.9 Å². The molecular formula is C17H21N5O2S2. The number of aryl methyl sites for hydroxylation is 1. The van der Waals surface area contributed by atoms with Gasteiger partial charge in [0, 0.05) is 12.2 Å². The van der Waals surface area contributed by atoms with Gasteiger partial charge in [0.15, 0.2) is 4.34 Å². The van der Waals surface area contributed by atoms with Crippen molar-refractivity contribution in [1.29, 1.82) is 0 Å². The van der Waals surface area contributed by atoms with Crippen LogP contribution in [0.5, 0.6) is 0 Å². The van der Waals surface area contributed by atoms with Gasteiger partial charge in [-0.15, -0.1) is 16.8 Å². The maximum atomic E-state index is 12.0. The van der Waals surface area contributed by atoms with Crippen molar-refractivity contribution in [1.82, 2.24) is 15.5 Å². The van der Waals surface area contributed by atoms with Crippen LogP contribution in [0.15, 0.2) is 35.2 Å². The van der Waals surface area contributed by atoms with Crippen molar-refractivity contribution in [2.45, 2.75) is 18.2 Å². The van der Waals surface area contributed by atoms with E-state index in [-0.39, 0.29) is 24.1 Å². The highest BCUT2D eigenvalue weighted by atomic mass is 32.2. The highest BCUT2D eigenvalue weighted by Gasteiger charge is 2.10. The third-order valence-corrected chi connectivity index (χ3v) is 5.47. The van der Waals surface area contributed by atoms with Gasteiger partial charge in [0.2, 0.25) is 16.9 Å². The number of rotatable bonds is 9. The summed E-state index contributed by atoms with van der Waals surface area (Å²) < 4.78 is 0.687. The second-order valence-electron chi connectivity index (χ2n) is 5.40. The average molecular weight is 392 g/mol. The van der Waals surface area contributed by atoms with Crippen LogP contribution in [0.4, 0.5) is 10.8 Å². The Kier molecular flexibility index (Phi) is 7.61. The monoisotopic (exact) mass is 391 g/mol. The first-order valence-electron chi connectivity index (χ1n) is 7.93. The predicted octanol–water partition coefficient (Wildman–Crippen LogP) is 2.60. The number of carbonyl (C=O) groups excluding carboxylic acids is 2. The summed E-state index contributed by atoms with van der Waals surface area (Å²) in [5, 5.41) is 17.1. The van der Waals surface area contributed by atoms with Gasteiger partial charge in [0.25, 0.3) is 0 Å². The fraction of sp³-hybridized carbons (Fsp3) is 0.294. The summed E-state index contributed by atoms with van der Waals surface area (Å²) in [6, 6.07) is 5.70. The second-order valence-corrected chi connectivity index (χ2v) is 7.60.